The van der Waals surface area contributed by atoms with Gasteiger partial charge in [0.15, 0.2) is 0 Å². The highest BCUT2D eigenvalue weighted by Crippen LogP contribution is 2.24. The fraction of sp³-hybridized carbons (Fsp3) is 0.0667. The zero-order chi connectivity index (χ0) is 15.4. The minimum Gasteiger partial charge on any atom is -0.489 e. The quantitative estimate of drug-likeness (QED) is 0.556. The van der Waals surface area contributed by atoms with Gasteiger partial charge in [0.25, 0.3) is 0 Å². The van der Waals surface area contributed by atoms with Gasteiger partial charge in [-0.15, -0.1) is 5.10 Å². The summed E-state index contributed by atoms with van der Waals surface area (Å²) in [4.78, 5) is 0. The van der Waals surface area contributed by atoms with Crippen molar-refractivity contribution in [3.63, 3.8) is 0 Å². The average molecular weight is 300 g/mol. The monoisotopic (exact) mass is 300 g/mol. The molecule has 0 aliphatic carbocycles. The topological polar surface area (TPSA) is 86.2 Å². The summed E-state index contributed by atoms with van der Waals surface area (Å²) in [7, 11) is 0. The predicted octanol–water partition coefficient (Wildman–Crippen LogP) is 2.74. The number of rotatable bonds is 5. The lowest BCUT2D eigenvalue weighted by atomic mass is 10.2. The fourth-order valence-corrected chi connectivity index (χ4v) is 1.91. The number of benzene rings is 2. The van der Waals surface area contributed by atoms with E-state index in [4.69, 9.17) is 15.0 Å². The molecule has 3 rings (SSSR count). The van der Waals surface area contributed by atoms with E-state index in [1.165, 1.54) is 12.1 Å². The number of ether oxygens (including phenoxy) is 1. The maximum Gasteiger partial charge on any atom is 0.330 e. The molecule has 0 atom stereocenters. The predicted molar refractivity (Wildman–Crippen MR) is 78.3 cm³/mol. The van der Waals surface area contributed by atoms with E-state index < -0.39 is 0 Å². The van der Waals surface area contributed by atoms with Crippen LogP contribution in [0.5, 0.6) is 5.75 Å². The van der Waals surface area contributed by atoms with Crippen LogP contribution in [0.25, 0.3) is 11.5 Å². The number of aromatic nitrogens is 2. The molecule has 1 aromatic heterocycles. The Labute approximate surface area is 125 Å². The molecule has 0 aliphatic rings. The van der Waals surface area contributed by atoms with Gasteiger partial charge in [-0.25, -0.2) is 10.2 Å². The molecular formula is C15H13FN4O2. The van der Waals surface area contributed by atoms with E-state index in [1.807, 2.05) is 6.07 Å². The molecule has 0 saturated heterocycles. The van der Waals surface area contributed by atoms with Gasteiger partial charge in [-0.2, -0.15) is 0 Å². The molecule has 22 heavy (non-hydrogen) atoms. The lowest BCUT2D eigenvalue weighted by Gasteiger charge is -2.07. The van der Waals surface area contributed by atoms with E-state index in [9.17, 15) is 4.39 Å². The number of nitrogens with zero attached hydrogens (tertiary/aromatic N) is 2. The van der Waals surface area contributed by atoms with E-state index in [0.29, 0.717) is 17.2 Å². The van der Waals surface area contributed by atoms with Crippen molar-refractivity contribution >= 4 is 6.01 Å². The molecule has 0 bridgehead atoms. The highest BCUT2D eigenvalue weighted by molar-refractivity contribution is 5.56. The molecule has 1 heterocycles. The van der Waals surface area contributed by atoms with Crippen LogP contribution in [0.4, 0.5) is 10.4 Å². The molecule has 7 heteroatoms. The second-order valence-electron chi connectivity index (χ2n) is 4.50. The summed E-state index contributed by atoms with van der Waals surface area (Å²) < 4.78 is 24.0. The molecule has 0 saturated carbocycles. The van der Waals surface area contributed by atoms with Crippen LogP contribution in [-0.4, -0.2) is 10.2 Å². The minimum absolute atomic E-state index is 0.126. The summed E-state index contributed by atoms with van der Waals surface area (Å²) in [5.74, 6) is 5.84. The zero-order valence-electron chi connectivity index (χ0n) is 11.5. The number of hydrazine groups is 1. The number of hydrogen-bond acceptors (Lipinski definition) is 6. The van der Waals surface area contributed by atoms with E-state index in [0.717, 1.165) is 5.56 Å². The zero-order valence-corrected chi connectivity index (χ0v) is 11.5. The molecule has 0 aliphatic heterocycles. The van der Waals surface area contributed by atoms with Gasteiger partial charge in [0.1, 0.15) is 18.2 Å². The lowest BCUT2D eigenvalue weighted by Crippen LogP contribution is -2.06. The van der Waals surface area contributed by atoms with Crippen molar-refractivity contribution in [2.24, 2.45) is 5.84 Å². The summed E-state index contributed by atoms with van der Waals surface area (Å²) in [5, 5.41) is 7.57. The normalized spacial score (nSPS) is 10.5. The molecule has 0 fully saturated rings. The summed E-state index contributed by atoms with van der Waals surface area (Å²) in [6.45, 7) is 0.265. The van der Waals surface area contributed by atoms with Crippen LogP contribution in [0.15, 0.2) is 52.9 Å². The van der Waals surface area contributed by atoms with Crippen molar-refractivity contribution in [3.8, 4) is 17.2 Å². The third-order valence-corrected chi connectivity index (χ3v) is 2.92. The average Bonchev–Trinajstić information content (AvgIpc) is 3.02. The summed E-state index contributed by atoms with van der Waals surface area (Å²) in [6, 6.07) is 13.5. The molecule has 0 spiro atoms. The summed E-state index contributed by atoms with van der Waals surface area (Å²) in [6.07, 6.45) is 0. The second-order valence-corrected chi connectivity index (χ2v) is 4.50. The van der Waals surface area contributed by atoms with Crippen molar-refractivity contribution in [2.75, 3.05) is 5.43 Å². The van der Waals surface area contributed by atoms with Crippen molar-refractivity contribution in [3.05, 3.63) is 59.9 Å². The van der Waals surface area contributed by atoms with Crippen molar-refractivity contribution < 1.29 is 13.5 Å². The number of hydrogen-bond donors (Lipinski definition) is 2. The minimum atomic E-state index is -0.289. The third-order valence-electron chi connectivity index (χ3n) is 2.92. The smallest absolute Gasteiger partial charge is 0.330 e. The van der Waals surface area contributed by atoms with Gasteiger partial charge in [-0.3, -0.25) is 5.43 Å². The van der Waals surface area contributed by atoms with Gasteiger partial charge in [-0.05, 0) is 35.9 Å². The molecule has 6 nitrogen and oxygen atoms in total. The molecule has 0 radical (unpaired) electrons. The Morgan fingerprint density at radius 3 is 2.77 bits per heavy atom. The first-order valence-corrected chi connectivity index (χ1v) is 6.52. The largest absolute Gasteiger partial charge is 0.489 e. The number of halogens is 1. The van der Waals surface area contributed by atoms with Crippen LogP contribution < -0.4 is 16.0 Å². The van der Waals surface area contributed by atoms with Gasteiger partial charge in [-0.1, -0.05) is 23.3 Å². The van der Waals surface area contributed by atoms with Crippen LogP contribution in [0.3, 0.4) is 0 Å². The van der Waals surface area contributed by atoms with Gasteiger partial charge in [0.2, 0.25) is 5.89 Å². The van der Waals surface area contributed by atoms with Gasteiger partial charge in [0, 0.05) is 5.56 Å². The Balaban J connectivity index is 1.73. The highest BCUT2D eigenvalue weighted by Gasteiger charge is 2.08. The summed E-state index contributed by atoms with van der Waals surface area (Å²) >= 11 is 0. The van der Waals surface area contributed by atoms with E-state index in [1.54, 1.807) is 30.3 Å². The SMILES string of the molecule is NNc1nnc(-c2cccc(OCc3cccc(F)c3)c2)o1. The molecule has 3 aromatic rings. The molecule has 2 aromatic carbocycles. The van der Waals surface area contributed by atoms with Crippen LogP contribution in [-0.2, 0) is 6.61 Å². The Bertz CT molecular complexity index is 775. The van der Waals surface area contributed by atoms with Gasteiger partial charge < -0.3 is 9.15 Å². The van der Waals surface area contributed by atoms with E-state index >= 15 is 0 Å². The van der Waals surface area contributed by atoms with E-state index in [-0.39, 0.29) is 18.4 Å². The molecule has 112 valence electrons. The van der Waals surface area contributed by atoms with Gasteiger partial charge in [0.05, 0.1) is 0 Å². The van der Waals surface area contributed by atoms with Crippen molar-refractivity contribution in [2.45, 2.75) is 6.61 Å². The number of anilines is 1. The first-order chi connectivity index (χ1) is 10.7. The number of nitrogen functional groups attached to an aromatic ring is 1. The van der Waals surface area contributed by atoms with Crippen LogP contribution in [0.1, 0.15) is 5.56 Å². The Kier molecular flexibility index (Phi) is 3.97. The maximum atomic E-state index is 13.1. The summed E-state index contributed by atoms with van der Waals surface area (Å²) in [5.41, 5.74) is 3.72. The second kappa shape index (κ2) is 6.23. The van der Waals surface area contributed by atoms with Crippen molar-refractivity contribution in [1.82, 2.24) is 10.2 Å². The Morgan fingerprint density at radius 2 is 2.00 bits per heavy atom. The van der Waals surface area contributed by atoms with Crippen molar-refractivity contribution in [1.29, 1.82) is 0 Å². The lowest BCUT2D eigenvalue weighted by molar-refractivity contribution is 0.305. The molecule has 0 unspecified atom stereocenters. The first kappa shape index (κ1) is 14.0. The Hall–Kier alpha value is -2.93. The van der Waals surface area contributed by atoms with Crippen LogP contribution in [0, 0.1) is 5.82 Å². The standard InChI is InChI=1S/C15H13FN4O2/c16-12-5-1-3-10(7-12)9-21-13-6-2-4-11(8-13)14-19-20-15(18-17)22-14/h1-8H,9,17H2,(H,18,20). The first-order valence-electron chi connectivity index (χ1n) is 6.52. The molecule has 3 N–H and O–H groups in total. The third kappa shape index (κ3) is 3.21. The van der Waals surface area contributed by atoms with Crippen LogP contribution in [0.2, 0.25) is 0 Å². The van der Waals surface area contributed by atoms with Gasteiger partial charge >= 0.3 is 6.01 Å². The Morgan fingerprint density at radius 1 is 1.14 bits per heavy atom. The fourth-order valence-electron chi connectivity index (χ4n) is 1.91. The number of nitrogens with two attached hydrogens (primary N) is 1. The molecule has 0 amide bonds. The highest BCUT2D eigenvalue weighted by atomic mass is 19.1. The van der Waals surface area contributed by atoms with Crippen LogP contribution >= 0.6 is 0 Å². The van der Waals surface area contributed by atoms with E-state index in [2.05, 4.69) is 15.6 Å². The maximum absolute atomic E-state index is 13.1. The number of nitrogens with one attached hydrogen (secondary N) is 1. The molecular weight excluding hydrogens is 287 g/mol.